The van der Waals surface area contributed by atoms with E-state index in [0.29, 0.717) is 34.3 Å². The van der Waals surface area contributed by atoms with E-state index in [-0.39, 0.29) is 22.1 Å². The van der Waals surface area contributed by atoms with E-state index >= 15 is 35.1 Å². The minimum atomic E-state index is -2.48. The van der Waals surface area contributed by atoms with Crippen LogP contribution in [0, 0.1) is 58.2 Å². The van der Waals surface area contributed by atoms with Crippen molar-refractivity contribution in [2.75, 3.05) is 16.5 Å². The quantitative estimate of drug-likeness (QED) is 0.0863. The Morgan fingerprint density at radius 3 is 1.47 bits per heavy atom. The molecule has 0 fully saturated rings. The fourth-order valence-electron chi connectivity index (χ4n) is 10.6. The van der Waals surface area contributed by atoms with Gasteiger partial charge in [-0.25, -0.2) is 48.9 Å². The molecule has 1 aliphatic heterocycles. The van der Waals surface area contributed by atoms with Crippen LogP contribution in [0.15, 0.2) is 140 Å². The third-order valence-corrected chi connectivity index (χ3v) is 15.0. The van der Waals surface area contributed by atoms with Crippen molar-refractivity contribution in [1.82, 2.24) is 9.55 Å². The Kier molecular flexibility index (Phi) is 13.2. The van der Waals surface area contributed by atoms with Gasteiger partial charge in [0.2, 0.25) is 11.6 Å². The van der Waals surface area contributed by atoms with Crippen LogP contribution >= 0.6 is 0 Å². The largest absolute Gasteiger partial charge is 0.457 e. The maximum atomic E-state index is 16.4. The summed E-state index contributed by atoms with van der Waals surface area (Å²) in [6, 6.07) is 39.7. The summed E-state index contributed by atoms with van der Waals surface area (Å²) in [4.78, 5) is 7.81. The topological polar surface area (TPSA) is 33.5 Å². The highest BCUT2D eigenvalue weighted by Gasteiger charge is 2.39. The van der Waals surface area contributed by atoms with Crippen molar-refractivity contribution in [2.45, 2.75) is 78.6 Å². The molecule has 0 unspecified atom stereocenters. The van der Waals surface area contributed by atoms with Crippen molar-refractivity contribution < 1.29 is 48.6 Å². The van der Waals surface area contributed by atoms with E-state index in [0.717, 1.165) is 50.6 Å². The van der Waals surface area contributed by atoms with Gasteiger partial charge in [0.05, 0.1) is 39.2 Å². The number of ether oxygens (including phenoxy) is 1. The van der Waals surface area contributed by atoms with E-state index < -0.39 is 98.2 Å². The van der Waals surface area contributed by atoms with Crippen molar-refractivity contribution in [3.63, 3.8) is 0 Å². The zero-order valence-corrected chi connectivity index (χ0v) is 45.5. The monoisotopic (exact) mass is 1110 g/mol. The van der Waals surface area contributed by atoms with Crippen LogP contribution in [0.25, 0.3) is 61.0 Å². The van der Waals surface area contributed by atoms with Crippen LogP contribution in [-0.4, -0.2) is 16.2 Å². The number of nitrogens with zero attached hydrogens (tertiary/aromatic N) is 4. The first-order chi connectivity index (χ1) is 38.2. The highest BCUT2D eigenvalue weighted by Crippen LogP contribution is 2.54. The van der Waals surface area contributed by atoms with E-state index in [1.165, 1.54) is 11.0 Å². The normalized spacial score (nSPS) is 13.0. The van der Waals surface area contributed by atoms with Gasteiger partial charge in [0.1, 0.15) is 24.0 Å². The Morgan fingerprint density at radius 1 is 0.407 bits per heavy atom. The Balaban J connectivity index is 1.13. The molecule has 0 atom stereocenters. The lowest BCUT2D eigenvalue weighted by molar-refractivity contribution is 0.381. The van der Waals surface area contributed by atoms with Crippen molar-refractivity contribution in [3.05, 3.63) is 215 Å². The summed E-state index contributed by atoms with van der Waals surface area (Å²) in [5.41, 5.74) is -0.567. The molecule has 0 bridgehead atoms. The first-order valence-corrected chi connectivity index (χ1v) is 26.0. The first-order valence-electron chi connectivity index (χ1n) is 26.0. The third kappa shape index (κ3) is 9.29. The van der Waals surface area contributed by atoms with Crippen LogP contribution in [0.4, 0.5) is 66.7 Å². The minimum absolute atomic E-state index is 0.0197. The number of hydrogen-bond donors (Lipinski definition) is 0. The highest BCUT2D eigenvalue weighted by atomic mass is 19.2. The van der Waals surface area contributed by atoms with E-state index in [1.807, 2.05) is 84.9 Å². The first kappa shape index (κ1) is 54.4. The number of anilines is 4. The molecular weight excluding hydrogens is 1050 g/mol. The second-order valence-corrected chi connectivity index (χ2v) is 23.4. The molecule has 2 aromatic heterocycles. The van der Waals surface area contributed by atoms with Gasteiger partial charge < -0.3 is 14.5 Å². The Hall–Kier alpha value is -8.59. The standard InChI is InChI=1S/C66H52F10N4O/c1-64(2,3)36-20-18-34(19-21-36)35-26-39(31-41(27-35)81-40-22-23-43-42-14-10-11-15-46(42)80(49(43)32-40)50-30-37(24-25-77-50)65(4,5)6)78-33-79(48-17-13-12-16-47(48)78)63-44(51-53(67)57(71)61(75)58(72)54(51)68)28-38(66(7,8)9)29-45(63)52-55(69)59(73)62(76)60(74)56(52)70/h10-32H,33H2,1-9H3. The van der Waals surface area contributed by atoms with E-state index in [4.69, 9.17) is 9.72 Å². The molecule has 10 aromatic rings. The lowest BCUT2D eigenvalue weighted by atomic mass is 9.81. The molecule has 3 heterocycles. The minimum Gasteiger partial charge on any atom is -0.457 e. The second-order valence-electron chi connectivity index (χ2n) is 23.4. The predicted octanol–water partition coefficient (Wildman–Crippen LogP) is 19.5. The molecule has 0 N–H and O–H groups in total. The molecule has 5 nitrogen and oxygen atoms in total. The summed E-state index contributed by atoms with van der Waals surface area (Å²) in [5.74, 6) is -22.0. The highest BCUT2D eigenvalue weighted by molar-refractivity contribution is 6.09. The summed E-state index contributed by atoms with van der Waals surface area (Å²) in [6.07, 6.45) is 1.79. The average molecular weight is 1110 g/mol. The number of halogens is 10. The van der Waals surface area contributed by atoms with Crippen LogP contribution in [0.5, 0.6) is 11.5 Å². The molecule has 15 heteroatoms. The smallest absolute Gasteiger partial charge is 0.200 e. The van der Waals surface area contributed by atoms with Gasteiger partial charge in [-0.05, 0) is 111 Å². The van der Waals surface area contributed by atoms with Gasteiger partial charge in [-0.15, -0.1) is 0 Å². The fourth-order valence-corrected chi connectivity index (χ4v) is 10.6. The van der Waals surface area contributed by atoms with Gasteiger partial charge in [0.25, 0.3) is 0 Å². The number of benzene rings is 8. The Bertz CT molecular complexity index is 4060. The van der Waals surface area contributed by atoms with Crippen molar-refractivity contribution in [2.24, 2.45) is 0 Å². The molecule has 0 aliphatic carbocycles. The molecule has 1 aliphatic rings. The molecule has 412 valence electrons. The van der Waals surface area contributed by atoms with Crippen LogP contribution in [0.3, 0.4) is 0 Å². The van der Waals surface area contributed by atoms with Gasteiger partial charge in [0, 0.05) is 45.9 Å². The molecule has 0 saturated carbocycles. The number of para-hydroxylation sites is 3. The lowest BCUT2D eigenvalue weighted by Gasteiger charge is -2.30. The average Bonchev–Trinajstić information content (AvgIpc) is 3.14. The molecular formula is C66H52F10N4O. The molecule has 8 aromatic carbocycles. The predicted molar refractivity (Wildman–Crippen MR) is 299 cm³/mol. The zero-order valence-electron chi connectivity index (χ0n) is 45.5. The maximum Gasteiger partial charge on any atom is 0.200 e. The zero-order chi connectivity index (χ0) is 57.9. The number of rotatable bonds is 8. The van der Waals surface area contributed by atoms with Crippen molar-refractivity contribution >= 4 is 44.6 Å². The lowest BCUT2D eigenvalue weighted by Crippen LogP contribution is -2.26. The second kappa shape index (κ2) is 19.6. The number of fused-ring (bicyclic) bond motifs is 4. The van der Waals surface area contributed by atoms with Crippen LogP contribution in [0.1, 0.15) is 79.0 Å². The molecule has 0 amide bonds. The van der Waals surface area contributed by atoms with Crippen LogP contribution in [0.2, 0.25) is 0 Å². The van der Waals surface area contributed by atoms with E-state index in [2.05, 4.69) is 52.2 Å². The summed E-state index contributed by atoms with van der Waals surface area (Å²) < 4.78 is 166. The number of pyridine rings is 1. The molecule has 0 saturated heterocycles. The summed E-state index contributed by atoms with van der Waals surface area (Å²) in [6.45, 7) is 16.9. The SMILES string of the molecule is CC(C)(C)c1ccc(-c2cc(Oc3ccc4c5ccccc5n(-c5cc(C(C)(C)C)ccn5)c4c3)cc(N3CN(c4c(-c5c(F)c(F)c(F)c(F)c5F)cc(C(C)(C)C)cc4-c4c(F)c(F)c(F)c(F)c4F)c4ccccc43)c2)cc1. The summed E-state index contributed by atoms with van der Waals surface area (Å²) in [7, 11) is 0. The van der Waals surface area contributed by atoms with Gasteiger partial charge >= 0.3 is 0 Å². The van der Waals surface area contributed by atoms with Gasteiger partial charge in [0.15, 0.2) is 46.5 Å². The van der Waals surface area contributed by atoms with E-state index in [9.17, 15) is 8.78 Å². The Labute approximate surface area is 461 Å². The van der Waals surface area contributed by atoms with Crippen LogP contribution < -0.4 is 14.5 Å². The maximum absolute atomic E-state index is 16.4. The molecule has 0 spiro atoms. The van der Waals surface area contributed by atoms with Crippen LogP contribution in [-0.2, 0) is 16.2 Å². The Morgan fingerprint density at radius 2 is 0.914 bits per heavy atom. The molecule has 0 radical (unpaired) electrons. The van der Waals surface area contributed by atoms with Gasteiger partial charge in [-0.1, -0.05) is 117 Å². The fraction of sp³-hybridized carbons (Fsp3) is 0.197. The third-order valence-electron chi connectivity index (χ3n) is 15.0. The van der Waals surface area contributed by atoms with Crippen molar-refractivity contribution in [3.8, 4) is 50.7 Å². The van der Waals surface area contributed by atoms with Crippen molar-refractivity contribution in [1.29, 1.82) is 0 Å². The number of hydrogen-bond acceptors (Lipinski definition) is 4. The van der Waals surface area contributed by atoms with E-state index in [1.54, 1.807) is 56.1 Å². The molecule has 11 rings (SSSR count). The van der Waals surface area contributed by atoms with Gasteiger partial charge in [-0.2, -0.15) is 0 Å². The number of aromatic nitrogens is 2. The van der Waals surface area contributed by atoms with Gasteiger partial charge in [-0.3, -0.25) is 4.57 Å². The molecule has 81 heavy (non-hydrogen) atoms. The summed E-state index contributed by atoms with van der Waals surface area (Å²) in [5, 5.41) is 1.93. The summed E-state index contributed by atoms with van der Waals surface area (Å²) >= 11 is 0.